The number of anilines is 1. The van der Waals surface area contributed by atoms with Gasteiger partial charge in [-0.2, -0.15) is 0 Å². The van der Waals surface area contributed by atoms with Crippen LogP contribution in [0.3, 0.4) is 0 Å². The minimum Gasteiger partial charge on any atom is -0.371 e. The van der Waals surface area contributed by atoms with E-state index >= 15 is 0 Å². The number of carbonyl (C=O) groups is 3. The Morgan fingerprint density at radius 3 is 2.46 bits per heavy atom. The van der Waals surface area contributed by atoms with Gasteiger partial charge in [0.05, 0.1) is 11.1 Å². The monoisotopic (exact) mass is 381 g/mol. The molecule has 148 valence electrons. The van der Waals surface area contributed by atoms with E-state index in [9.17, 15) is 14.4 Å². The minimum absolute atomic E-state index is 0.330. The third kappa shape index (κ3) is 3.21. The Bertz CT molecular complexity index is 839. The molecule has 0 aromatic heterocycles. The van der Waals surface area contributed by atoms with Gasteiger partial charge < -0.3 is 10.2 Å². The third-order valence-electron chi connectivity index (χ3n) is 6.21. The summed E-state index contributed by atoms with van der Waals surface area (Å²) in [5.41, 5.74) is 2.42. The summed E-state index contributed by atoms with van der Waals surface area (Å²) in [5, 5.41) is 2.66. The van der Waals surface area contributed by atoms with Gasteiger partial charge in [-0.25, -0.2) is 0 Å². The average Bonchev–Trinajstić information content (AvgIpc) is 2.93. The van der Waals surface area contributed by atoms with Gasteiger partial charge in [0.25, 0.3) is 11.8 Å². The number of carbonyl (C=O) groups excluding carboxylic acids is 3. The summed E-state index contributed by atoms with van der Waals surface area (Å²) < 4.78 is 0. The molecule has 0 radical (unpaired) electrons. The number of hydrogen-bond acceptors (Lipinski definition) is 4. The summed E-state index contributed by atoms with van der Waals surface area (Å²) in [6, 6.07) is 4.74. The van der Waals surface area contributed by atoms with Crippen LogP contribution in [0.5, 0.6) is 0 Å². The van der Waals surface area contributed by atoms with Gasteiger partial charge in [-0.05, 0) is 49.8 Å². The fourth-order valence-corrected chi connectivity index (χ4v) is 4.62. The highest BCUT2D eigenvalue weighted by Gasteiger charge is 2.44. The lowest BCUT2D eigenvalue weighted by Crippen LogP contribution is -2.51. The van der Waals surface area contributed by atoms with Crippen LogP contribution >= 0.6 is 0 Å². The first kappa shape index (κ1) is 18.7. The summed E-state index contributed by atoms with van der Waals surface area (Å²) in [6.07, 6.45) is 5.82. The largest absolute Gasteiger partial charge is 0.371 e. The van der Waals surface area contributed by atoms with Crippen LogP contribution in [0.15, 0.2) is 30.5 Å². The zero-order valence-corrected chi connectivity index (χ0v) is 16.4. The summed E-state index contributed by atoms with van der Waals surface area (Å²) in [4.78, 5) is 41.5. The van der Waals surface area contributed by atoms with Crippen LogP contribution in [-0.2, 0) is 4.79 Å². The molecule has 0 spiro atoms. The Balaban J connectivity index is 1.53. The van der Waals surface area contributed by atoms with Gasteiger partial charge in [-0.15, -0.1) is 0 Å². The van der Waals surface area contributed by atoms with Crippen LogP contribution in [0.1, 0.15) is 66.2 Å². The maximum Gasteiger partial charge on any atom is 0.262 e. The SMILES string of the molecule is C=C1CCC(N2C(=O)c3ccc(N4CCC(CCC)CC4)cc3C2=O)C(=O)N1. The molecule has 3 heterocycles. The van der Waals surface area contributed by atoms with E-state index in [0.29, 0.717) is 29.7 Å². The Morgan fingerprint density at radius 2 is 1.79 bits per heavy atom. The molecule has 2 fully saturated rings. The van der Waals surface area contributed by atoms with E-state index in [-0.39, 0.29) is 17.7 Å². The summed E-state index contributed by atoms with van der Waals surface area (Å²) in [7, 11) is 0. The van der Waals surface area contributed by atoms with E-state index in [2.05, 4.69) is 23.7 Å². The van der Waals surface area contributed by atoms with Crippen molar-refractivity contribution in [1.82, 2.24) is 10.2 Å². The lowest BCUT2D eigenvalue weighted by Gasteiger charge is -2.33. The number of piperidine rings is 2. The highest BCUT2D eigenvalue weighted by molar-refractivity contribution is 6.23. The molecule has 6 nitrogen and oxygen atoms in total. The quantitative estimate of drug-likeness (QED) is 0.814. The molecule has 6 heteroatoms. The molecule has 0 bridgehead atoms. The van der Waals surface area contributed by atoms with E-state index in [0.717, 1.165) is 42.4 Å². The maximum absolute atomic E-state index is 13.0. The molecule has 4 rings (SSSR count). The van der Waals surface area contributed by atoms with Crippen LogP contribution in [-0.4, -0.2) is 41.8 Å². The van der Waals surface area contributed by atoms with Crippen LogP contribution in [0, 0.1) is 5.92 Å². The summed E-state index contributed by atoms with van der Waals surface area (Å²) in [6.45, 7) is 7.93. The van der Waals surface area contributed by atoms with Crippen LogP contribution in [0.25, 0.3) is 0 Å². The smallest absolute Gasteiger partial charge is 0.262 e. The van der Waals surface area contributed by atoms with Crippen molar-refractivity contribution in [2.24, 2.45) is 5.92 Å². The fourth-order valence-electron chi connectivity index (χ4n) is 4.62. The number of benzene rings is 1. The number of fused-ring (bicyclic) bond motifs is 1. The Labute approximate surface area is 165 Å². The second-order valence-electron chi connectivity index (χ2n) is 8.08. The number of amides is 3. The number of rotatable bonds is 4. The number of allylic oxidation sites excluding steroid dienone is 1. The van der Waals surface area contributed by atoms with Crippen molar-refractivity contribution in [3.05, 3.63) is 41.6 Å². The van der Waals surface area contributed by atoms with Crippen LogP contribution < -0.4 is 10.2 Å². The number of nitrogens with one attached hydrogen (secondary N) is 1. The van der Waals surface area contributed by atoms with Crippen LogP contribution in [0.4, 0.5) is 5.69 Å². The van der Waals surface area contributed by atoms with Gasteiger partial charge in [0.15, 0.2) is 0 Å². The molecule has 2 saturated heterocycles. The first-order valence-corrected chi connectivity index (χ1v) is 10.2. The van der Waals surface area contributed by atoms with Gasteiger partial charge in [0.2, 0.25) is 5.91 Å². The zero-order chi connectivity index (χ0) is 19.8. The standard InChI is InChI=1S/C22H27N3O3/c1-3-4-15-9-11-24(12-10-15)16-6-7-17-18(13-16)22(28)25(21(17)27)19-8-5-14(2)23-20(19)26/h6-7,13,15,19H,2-5,8-12H2,1H3,(H,23,26). The lowest BCUT2D eigenvalue weighted by molar-refractivity contribution is -0.125. The van der Waals surface area contributed by atoms with E-state index in [4.69, 9.17) is 0 Å². The molecular weight excluding hydrogens is 354 g/mol. The van der Waals surface area contributed by atoms with Gasteiger partial charge in [0.1, 0.15) is 6.04 Å². The molecule has 1 aromatic carbocycles. The maximum atomic E-state index is 13.0. The molecule has 1 N–H and O–H groups in total. The molecule has 28 heavy (non-hydrogen) atoms. The van der Waals surface area contributed by atoms with E-state index in [1.54, 1.807) is 6.07 Å². The first-order chi connectivity index (χ1) is 13.5. The van der Waals surface area contributed by atoms with Crippen molar-refractivity contribution in [3.8, 4) is 0 Å². The predicted octanol–water partition coefficient (Wildman–Crippen LogP) is 3.09. The van der Waals surface area contributed by atoms with Crippen LogP contribution in [0.2, 0.25) is 0 Å². The Kier molecular flexibility index (Phi) is 4.96. The summed E-state index contributed by atoms with van der Waals surface area (Å²) >= 11 is 0. The van der Waals surface area contributed by atoms with Gasteiger partial charge in [0, 0.05) is 24.5 Å². The first-order valence-electron chi connectivity index (χ1n) is 10.2. The van der Waals surface area contributed by atoms with Crippen molar-refractivity contribution in [2.45, 2.75) is 51.5 Å². The molecule has 0 saturated carbocycles. The lowest BCUT2D eigenvalue weighted by atomic mass is 9.92. The van der Waals surface area contributed by atoms with Crippen molar-refractivity contribution in [3.63, 3.8) is 0 Å². The van der Waals surface area contributed by atoms with Crippen molar-refractivity contribution in [1.29, 1.82) is 0 Å². The normalized spacial score (nSPS) is 23.2. The van der Waals surface area contributed by atoms with Gasteiger partial charge in [-0.1, -0.05) is 26.3 Å². The Morgan fingerprint density at radius 1 is 1.07 bits per heavy atom. The predicted molar refractivity (Wildman–Crippen MR) is 107 cm³/mol. The molecule has 0 aliphatic carbocycles. The van der Waals surface area contributed by atoms with E-state index < -0.39 is 6.04 Å². The van der Waals surface area contributed by atoms with Gasteiger partial charge >= 0.3 is 0 Å². The third-order valence-corrected chi connectivity index (χ3v) is 6.21. The highest BCUT2D eigenvalue weighted by atomic mass is 16.2. The van der Waals surface area contributed by atoms with Crippen molar-refractivity contribution < 1.29 is 14.4 Å². The zero-order valence-electron chi connectivity index (χ0n) is 16.4. The van der Waals surface area contributed by atoms with Crippen molar-refractivity contribution in [2.75, 3.05) is 18.0 Å². The van der Waals surface area contributed by atoms with E-state index in [1.165, 1.54) is 12.8 Å². The Hall–Kier alpha value is -2.63. The number of hydrogen-bond donors (Lipinski definition) is 1. The molecule has 1 aromatic rings. The molecule has 1 unspecified atom stereocenters. The second kappa shape index (κ2) is 7.41. The molecule has 3 aliphatic rings. The average molecular weight is 381 g/mol. The molecule has 1 atom stereocenters. The fraction of sp³-hybridized carbons (Fsp3) is 0.500. The van der Waals surface area contributed by atoms with E-state index in [1.807, 2.05) is 12.1 Å². The van der Waals surface area contributed by atoms with Gasteiger partial charge in [-0.3, -0.25) is 19.3 Å². The highest BCUT2D eigenvalue weighted by Crippen LogP contribution is 2.33. The minimum atomic E-state index is -0.758. The molecule has 3 aliphatic heterocycles. The topological polar surface area (TPSA) is 69.7 Å². The molecular formula is C22H27N3O3. The van der Waals surface area contributed by atoms with Crippen molar-refractivity contribution >= 4 is 23.4 Å². The second-order valence-corrected chi connectivity index (χ2v) is 8.08. The number of nitrogens with zero attached hydrogens (tertiary/aromatic N) is 2. The summed E-state index contributed by atoms with van der Waals surface area (Å²) in [5.74, 6) is -0.283. The number of imide groups is 1. The molecule has 3 amide bonds.